The van der Waals surface area contributed by atoms with Gasteiger partial charge in [0.15, 0.2) is 0 Å². The van der Waals surface area contributed by atoms with Crippen LogP contribution in [0.1, 0.15) is 10.4 Å². The van der Waals surface area contributed by atoms with E-state index in [2.05, 4.69) is 11.7 Å². The zero-order valence-electron chi connectivity index (χ0n) is 9.96. The van der Waals surface area contributed by atoms with Crippen LogP contribution >= 0.6 is 11.3 Å². The van der Waals surface area contributed by atoms with E-state index < -0.39 is 5.91 Å². The molecule has 4 nitrogen and oxygen atoms in total. The van der Waals surface area contributed by atoms with Gasteiger partial charge in [0.25, 0.3) is 5.91 Å². The molecule has 0 aliphatic rings. The lowest BCUT2D eigenvalue weighted by molar-refractivity contribution is 0.100. The number of hydrogen-bond acceptors (Lipinski definition) is 4. The Morgan fingerprint density at radius 3 is 2.72 bits per heavy atom. The van der Waals surface area contributed by atoms with Crippen LogP contribution in [0.4, 0.5) is 17.1 Å². The lowest BCUT2D eigenvalue weighted by Gasteiger charge is -2.20. The molecule has 0 bridgehead atoms. The molecule has 1 aromatic heterocycles. The molecule has 1 amide bonds. The molecular weight excluding hydrogens is 246 g/mol. The highest BCUT2D eigenvalue weighted by atomic mass is 32.1. The van der Waals surface area contributed by atoms with Gasteiger partial charge in [-0.25, -0.2) is 0 Å². The summed E-state index contributed by atoms with van der Waals surface area (Å²) in [7, 11) is 1.87. The topological polar surface area (TPSA) is 58.7 Å². The summed E-state index contributed by atoms with van der Waals surface area (Å²) in [5.74, 6) is -0.429. The lowest BCUT2D eigenvalue weighted by atomic mass is 10.2. The van der Waals surface area contributed by atoms with Gasteiger partial charge in [-0.15, -0.1) is 11.3 Å². The number of nitrogens with two attached hydrogens (primary N) is 1. The molecule has 1 heterocycles. The molecule has 2 rings (SSSR count). The van der Waals surface area contributed by atoms with Crippen LogP contribution in [0.25, 0.3) is 0 Å². The van der Waals surface area contributed by atoms with E-state index in [1.54, 1.807) is 5.38 Å². The molecule has 0 fully saturated rings. The van der Waals surface area contributed by atoms with Gasteiger partial charge >= 0.3 is 0 Å². The number of primary amides is 1. The van der Waals surface area contributed by atoms with Crippen LogP contribution in [0, 0.1) is 0 Å². The molecule has 2 N–H and O–H groups in total. The Hall–Kier alpha value is -2.14. The number of anilines is 2. The first-order chi connectivity index (χ1) is 8.65. The van der Waals surface area contributed by atoms with E-state index in [0.29, 0.717) is 5.56 Å². The van der Waals surface area contributed by atoms with Gasteiger partial charge in [-0.05, 0) is 18.9 Å². The lowest BCUT2D eigenvalue weighted by Crippen LogP contribution is -2.16. The summed E-state index contributed by atoms with van der Waals surface area (Å²) >= 11 is 1.44. The van der Waals surface area contributed by atoms with Crippen LogP contribution in [0.15, 0.2) is 40.0 Å². The van der Waals surface area contributed by atoms with Crippen molar-refractivity contribution in [2.45, 2.75) is 0 Å². The highest BCUT2D eigenvalue weighted by Gasteiger charge is 2.15. The second-order valence-electron chi connectivity index (χ2n) is 3.74. The van der Waals surface area contributed by atoms with Crippen molar-refractivity contribution in [3.63, 3.8) is 0 Å². The monoisotopic (exact) mass is 259 g/mol. The minimum Gasteiger partial charge on any atom is -0.366 e. The Morgan fingerprint density at radius 2 is 2.06 bits per heavy atom. The largest absolute Gasteiger partial charge is 0.366 e. The summed E-state index contributed by atoms with van der Waals surface area (Å²) in [5.41, 5.74) is 8.30. The number of para-hydroxylation sites is 2. The van der Waals surface area contributed by atoms with Gasteiger partial charge in [0.05, 0.1) is 22.6 Å². The van der Waals surface area contributed by atoms with Gasteiger partial charge in [-0.2, -0.15) is 0 Å². The van der Waals surface area contributed by atoms with Crippen molar-refractivity contribution < 1.29 is 4.79 Å². The second-order valence-corrected chi connectivity index (χ2v) is 4.48. The van der Waals surface area contributed by atoms with Crippen LogP contribution in [0.3, 0.4) is 0 Å². The molecule has 0 radical (unpaired) electrons. The molecule has 0 atom stereocenters. The molecule has 0 spiro atoms. The number of hydrogen-bond donors (Lipinski definition) is 1. The minimum absolute atomic E-state index is 0.429. The summed E-state index contributed by atoms with van der Waals surface area (Å²) in [4.78, 5) is 17.2. The van der Waals surface area contributed by atoms with Crippen molar-refractivity contribution in [2.24, 2.45) is 10.7 Å². The van der Waals surface area contributed by atoms with Crippen molar-refractivity contribution in [2.75, 3.05) is 11.9 Å². The standard InChI is InChI=1S/C13H13N3OS/c1-15-10-5-3-4-6-11(10)16(2)12-8-18-7-9(12)13(14)17/h3-8H,1H2,2H3,(H2,14,17). The zero-order chi connectivity index (χ0) is 13.1. The predicted molar refractivity (Wildman–Crippen MR) is 76.6 cm³/mol. The number of benzene rings is 1. The molecule has 0 aliphatic heterocycles. The number of thiophene rings is 1. The average molecular weight is 259 g/mol. The maximum atomic E-state index is 11.3. The van der Waals surface area contributed by atoms with E-state index in [9.17, 15) is 4.79 Å². The van der Waals surface area contributed by atoms with Gasteiger partial charge in [-0.3, -0.25) is 9.79 Å². The third kappa shape index (κ3) is 2.12. The predicted octanol–water partition coefficient (Wildman–Crippen LogP) is 2.95. The Kier molecular flexibility index (Phi) is 3.43. The normalized spacial score (nSPS) is 10.1. The van der Waals surface area contributed by atoms with Crippen LogP contribution in [0.2, 0.25) is 0 Å². The first-order valence-corrected chi connectivity index (χ1v) is 6.25. The van der Waals surface area contributed by atoms with E-state index in [0.717, 1.165) is 17.1 Å². The third-order valence-corrected chi connectivity index (χ3v) is 3.41. The van der Waals surface area contributed by atoms with Gasteiger partial charge in [-0.1, -0.05) is 12.1 Å². The molecule has 0 saturated carbocycles. The quantitative estimate of drug-likeness (QED) is 0.858. The van der Waals surface area contributed by atoms with Crippen molar-refractivity contribution in [1.82, 2.24) is 0 Å². The molecule has 2 aromatic rings. The minimum atomic E-state index is -0.429. The third-order valence-electron chi connectivity index (χ3n) is 2.68. The second kappa shape index (κ2) is 5.01. The maximum absolute atomic E-state index is 11.3. The molecule has 0 saturated heterocycles. The first kappa shape index (κ1) is 12.3. The van der Waals surface area contributed by atoms with Crippen LogP contribution in [-0.4, -0.2) is 19.7 Å². The number of carbonyl (C=O) groups excluding carboxylic acids is 1. The maximum Gasteiger partial charge on any atom is 0.251 e. The fraction of sp³-hybridized carbons (Fsp3) is 0.0769. The van der Waals surface area contributed by atoms with Crippen molar-refractivity contribution in [1.29, 1.82) is 0 Å². The summed E-state index contributed by atoms with van der Waals surface area (Å²) in [6.45, 7) is 3.55. The molecule has 18 heavy (non-hydrogen) atoms. The summed E-state index contributed by atoms with van der Waals surface area (Å²) < 4.78 is 0. The zero-order valence-corrected chi connectivity index (χ0v) is 10.8. The summed E-state index contributed by atoms with van der Waals surface area (Å²) in [6.07, 6.45) is 0. The number of aliphatic imine (C=N–C) groups is 1. The van der Waals surface area contributed by atoms with E-state index >= 15 is 0 Å². The molecular formula is C13H13N3OS. The summed E-state index contributed by atoms with van der Waals surface area (Å²) in [5, 5.41) is 3.64. The van der Waals surface area contributed by atoms with Gasteiger partial charge in [0.1, 0.15) is 0 Å². The van der Waals surface area contributed by atoms with E-state index in [1.165, 1.54) is 11.3 Å². The van der Waals surface area contributed by atoms with Crippen LogP contribution in [0.5, 0.6) is 0 Å². The summed E-state index contributed by atoms with van der Waals surface area (Å²) in [6, 6.07) is 7.60. The Labute approximate surface area is 109 Å². The fourth-order valence-corrected chi connectivity index (χ4v) is 2.60. The number of nitrogens with zero attached hydrogens (tertiary/aromatic N) is 2. The fourth-order valence-electron chi connectivity index (χ4n) is 1.75. The van der Waals surface area contributed by atoms with E-state index in [1.807, 2.05) is 41.6 Å². The number of amides is 1. The highest BCUT2D eigenvalue weighted by Crippen LogP contribution is 2.35. The Balaban J connectivity index is 2.48. The molecule has 0 unspecified atom stereocenters. The Morgan fingerprint density at radius 1 is 1.33 bits per heavy atom. The molecule has 0 aliphatic carbocycles. The van der Waals surface area contributed by atoms with Crippen molar-refractivity contribution in [3.05, 3.63) is 40.6 Å². The van der Waals surface area contributed by atoms with Crippen LogP contribution < -0.4 is 10.6 Å². The van der Waals surface area contributed by atoms with Crippen molar-refractivity contribution >= 4 is 41.0 Å². The van der Waals surface area contributed by atoms with Crippen LogP contribution in [-0.2, 0) is 0 Å². The van der Waals surface area contributed by atoms with Gasteiger partial charge in [0, 0.05) is 17.8 Å². The average Bonchev–Trinajstić information content (AvgIpc) is 2.87. The molecule has 92 valence electrons. The van der Waals surface area contributed by atoms with Gasteiger partial charge in [0.2, 0.25) is 0 Å². The number of rotatable bonds is 4. The SMILES string of the molecule is C=Nc1ccccc1N(C)c1cscc1C(N)=O. The first-order valence-electron chi connectivity index (χ1n) is 5.30. The van der Waals surface area contributed by atoms with E-state index in [4.69, 9.17) is 5.73 Å². The highest BCUT2D eigenvalue weighted by molar-refractivity contribution is 7.08. The van der Waals surface area contributed by atoms with Crippen molar-refractivity contribution in [3.8, 4) is 0 Å². The van der Waals surface area contributed by atoms with E-state index in [-0.39, 0.29) is 0 Å². The Bertz CT molecular complexity index is 591. The molecule has 1 aromatic carbocycles. The smallest absolute Gasteiger partial charge is 0.251 e. The number of carbonyl (C=O) groups is 1. The molecule has 5 heteroatoms. The van der Waals surface area contributed by atoms with Gasteiger partial charge < -0.3 is 10.6 Å².